The molecule has 0 aliphatic carbocycles. The number of aliphatic hydroxyl groups excluding tert-OH is 1. The van der Waals surface area contributed by atoms with Gasteiger partial charge in [0.1, 0.15) is 11.5 Å². The molecule has 0 unspecified atom stereocenters. The van der Waals surface area contributed by atoms with Gasteiger partial charge in [-0.15, -0.1) is 0 Å². The smallest absolute Gasteiger partial charge is 0.323 e. The predicted molar refractivity (Wildman–Crippen MR) is 172 cm³/mol. The Morgan fingerprint density at radius 3 is 2.27 bits per heavy atom. The number of hydrogen-bond acceptors (Lipinski definition) is 7. The molecule has 2 amide bonds. The Morgan fingerprint density at radius 2 is 1.53 bits per heavy atom. The van der Waals surface area contributed by atoms with E-state index < -0.39 is 6.29 Å². The number of rotatable bonds is 9. The molecule has 4 aromatic rings. The Balaban J connectivity index is 1.13. The molecule has 0 radical (unpaired) electrons. The fraction of sp³-hybridized carbons (Fsp3) is 0.306. The summed E-state index contributed by atoms with van der Waals surface area (Å²) >= 11 is 0. The maximum atomic E-state index is 12.9. The SMILES string of the molecule is C[C@@H]1[C@H](CN2CCOCC2)O[C@H](c2cccc(NC(=O)Nc3ccc(Oc4ccccc4)cc3)c2)O[C@@H]1c1ccc(CO)cc1. The summed E-state index contributed by atoms with van der Waals surface area (Å²) in [5.74, 6) is 1.51. The molecule has 0 bridgehead atoms. The van der Waals surface area contributed by atoms with Crippen LogP contribution >= 0.6 is 0 Å². The van der Waals surface area contributed by atoms with Crippen LogP contribution in [0.15, 0.2) is 103 Å². The van der Waals surface area contributed by atoms with Crippen LogP contribution in [0.1, 0.15) is 36.0 Å². The average molecular weight is 610 g/mol. The van der Waals surface area contributed by atoms with E-state index in [0.717, 1.165) is 42.1 Å². The fourth-order valence-corrected chi connectivity index (χ4v) is 5.65. The average Bonchev–Trinajstić information content (AvgIpc) is 3.08. The molecule has 9 nitrogen and oxygen atoms in total. The Bertz CT molecular complexity index is 1530. The number of anilines is 2. The third kappa shape index (κ3) is 8.08. The van der Waals surface area contributed by atoms with Crippen LogP contribution in [0.4, 0.5) is 16.2 Å². The number of urea groups is 1. The lowest BCUT2D eigenvalue weighted by molar-refractivity contribution is -0.277. The molecule has 0 aromatic heterocycles. The second kappa shape index (κ2) is 14.7. The summed E-state index contributed by atoms with van der Waals surface area (Å²) in [6, 6.07) is 31.8. The summed E-state index contributed by atoms with van der Waals surface area (Å²) in [6.07, 6.45) is -0.925. The van der Waals surface area contributed by atoms with E-state index in [-0.39, 0.29) is 30.8 Å². The summed E-state index contributed by atoms with van der Waals surface area (Å²) < 4.78 is 24.6. The molecule has 234 valence electrons. The molecule has 4 aromatic carbocycles. The number of nitrogens with zero attached hydrogens (tertiary/aromatic N) is 1. The van der Waals surface area contributed by atoms with E-state index in [2.05, 4.69) is 22.5 Å². The Morgan fingerprint density at radius 1 is 0.822 bits per heavy atom. The number of ether oxygens (including phenoxy) is 4. The molecular formula is C36H39N3O6. The van der Waals surface area contributed by atoms with Crippen molar-refractivity contribution in [2.75, 3.05) is 43.5 Å². The second-order valence-corrected chi connectivity index (χ2v) is 11.4. The molecule has 45 heavy (non-hydrogen) atoms. The minimum Gasteiger partial charge on any atom is -0.457 e. The summed E-state index contributed by atoms with van der Waals surface area (Å²) in [6.45, 7) is 6.09. The number of benzene rings is 4. The van der Waals surface area contributed by atoms with Gasteiger partial charge in [-0.1, -0.05) is 61.5 Å². The largest absolute Gasteiger partial charge is 0.457 e. The van der Waals surface area contributed by atoms with E-state index in [1.54, 1.807) is 12.1 Å². The first-order valence-electron chi connectivity index (χ1n) is 15.4. The minimum atomic E-state index is -0.628. The van der Waals surface area contributed by atoms with Gasteiger partial charge in [0.05, 0.1) is 32.0 Å². The number of carbonyl (C=O) groups is 1. The fourth-order valence-electron chi connectivity index (χ4n) is 5.65. The highest BCUT2D eigenvalue weighted by atomic mass is 16.7. The Hall–Kier alpha value is -4.25. The number of para-hydroxylation sites is 1. The van der Waals surface area contributed by atoms with Crippen molar-refractivity contribution < 1.29 is 28.8 Å². The van der Waals surface area contributed by atoms with Crippen LogP contribution in [0.3, 0.4) is 0 Å². The lowest BCUT2D eigenvalue weighted by atomic mass is 9.90. The van der Waals surface area contributed by atoms with E-state index in [1.807, 2.05) is 91.0 Å². The van der Waals surface area contributed by atoms with Gasteiger partial charge >= 0.3 is 6.03 Å². The molecule has 2 saturated heterocycles. The number of aliphatic hydroxyl groups is 1. The van der Waals surface area contributed by atoms with E-state index >= 15 is 0 Å². The summed E-state index contributed by atoms with van der Waals surface area (Å²) in [5, 5.41) is 15.3. The van der Waals surface area contributed by atoms with Gasteiger partial charge in [0.25, 0.3) is 0 Å². The highest BCUT2D eigenvalue weighted by Crippen LogP contribution is 2.42. The third-order valence-electron chi connectivity index (χ3n) is 8.17. The Kier molecular flexibility index (Phi) is 10.0. The minimum absolute atomic E-state index is 0.00585. The molecule has 4 atom stereocenters. The molecule has 6 rings (SSSR count). The number of hydrogen-bond donors (Lipinski definition) is 3. The molecule has 3 N–H and O–H groups in total. The molecule has 0 spiro atoms. The topological polar surface area (TPSA) is 102 Å². The van der Waals surface area contributed by atoms with E-state index in [9.17, 15) is 9.90 Å². The van der Waals surface area contributed by atoms with E-state index in [4.69, 9.17) is 18.9 Å². The van der Waals surface area contributed by atoms with Crippen LogP contribution in [0.2, 0.25) is 0 Å². The van der Waals surface area contributed by atoms with Gasteiger partial charge in [0, 0.05) is 42.5 Å². The number of amides is 2. The van der Waals surface area contributed by atoms with Crippen molar-refractivity contribution in [3.8, 4) is 11.5 Å². The highest BCUT2D eigenvalue weighted by Gasteiger charge is 2.39. The summed E-state index contributed by atoms with van der Waals surface area (Å²) in [7, 11) is 0. The Labute approximate surface area is 263 Å². The lowest BCUT2D eigenvalue weighted by Gasteiger charge is -2.43. The zero-order valence-corrected chi connectivity index (χ0v) is 25.3. The van der Waals surface area contributed by atoms with Crippen molar-refractivity contribution in [2.24, 2.45) is 5.92 Å². The lowest BCUT2D eigenvalue weighted by Crippen LogP contribution is -2.47. The van der Waals surface area contributed by atoms with Crippen molar-refractivity contribution in [2.45, 2.75) is 32.0 Å². The predicted octanol–water partition coefficient (Wildman–Crippen LogP) is 6.74. The van der Waals surface area contributed by atoms with Gasteiger partial charge in [0.2, 0.25) is 0 Å². The van der Waals surface area contributed by atoms with Crippen molar-refractivity contribution in [1.82, 2.24) is 4.90 Å². The van der Waals surface area contributed by atoms with Gasteiger partial charge < -0.3 is 34.7 Å². The quantitative estimate of drug-likeness (QED) is 0.193. The molecule has 2 fully saturated rings. The van der Waals surface area contributed by atoms with Crippen LogP contribution in [-0.2, 0) is 20.8 Å². The van der Waals surface area contributed by atoms with Gasteiger partial charge in [0.15, 0.2) is 6.29 Å². The molecule has 2 aliphatic rings. The highest BCUT2D eigenvalue weighted by molar-refractivity contribution is 5.99. The van der Waals surface area contributed by atoms with E-state index in [0.29, 0.717) is 30.3 Å². The van der Waals surface area contributed by atoms with Crippen molar-refractivity contribution in [3.63, 3.8) is 0 Å². The van der Waals surface area contributed by atoms with Gasteiger partial charge in [-0.05, 0) is 59.7 Å². The normalized spacial score (nSPS) is 22.0. The van der Waals surface area contributed by atoms with Crippen molar-refractivity contribution in [1.29, 1.82) is 0 Å². The first-order chi connectivity index (χ1) is 22.0. The first kappa shape index (κ1) is 30.8. The number of morpholine rings is 1. The monoisotopic (exact) mass is 609 g/mol. The number of nitrogens with one attached hydrogen (secondary N) is 2. The van der Waals surface area contributed by atoms with Crippen LogP contribution in [0.5, 0.6) is 11.5 Å². The molecule has 9 heteroatoms. The maximum Gasteiger partial charge on any atom is 0.323 e. The van der Waals surface area contributed by atoms with Gasteiger partial charge in [-0.25, -0.2) is 4.79 Å². The first-order valence-corrected chi connectivity index (χ1v) is 15.4. The van der Waals surface area contributed by atoms with E-state index in [1.165, 1.54) is 0 Å². The molecular weight excluding hydrogens is 570 g/mol. The standard InChI is InChI=1S/C36H39N3O6/c1-25-33(23-39-18-20-42-21-19-39)44-35(45-34(25)27-12-10-26(24-40)11-13-27)28-6-5-7-30(22-28)38-36(41)37-29-14-16-32(17-15-29)43-31-8-3-2-4-9-31/h2-17,22,25,33-35,40H,18-21,23-24H2,1H3,(H2,37,38,41)/t25-,33+,34+,35+/m1/s1. The molecule has 2 aliphatic heterocycles. The van der Waals surface area contributed by atoms with Crippen LogP contribution in [0.25, 0.3) is 0 Å². The second-order valence-electron chi connectivity index (χ2n) is 11.4. The van der Waals surface area contributed by atoms with Crippen LogP contribution in [-0.4, -0.2) is 55.0 Å². The summed E-state index contributed by atoms with van der Waals surface area (Å²) in [5.41, 5.74) is 3.96. The number of carbonyl (C=O) groups excluding carboxylic acids is 1. The van der Waals surface area contributed by atoms with Crippen LogP contribution < -0.4 is 15.4 Å². The summed E-state index contributed by atoms with van der Waals surface area (Å²) in [4.78, 5) is 15.3. The van der Waals surface area contributed by atoms with Gasteiger partial charge in [-0.2, -0.15) is 0 Å². The van der Waals surface area contributed by atoms with Crippen molar-refractivity contribution in [3.05, 3.63) is 120 Å². The van der Waals surface area contributed by atoms with Crippen LogP contribution in [0, 0.1) is 5.92 Å². The van der Waals surface area contributed by atoms with Crippen molar-refractivity contribution >= 4 is 17.4 Å². The van der Waals surface area contributed by atoms with Gasteiger partial charge in [-0.3, -0.25) is 4.90 Å². The third-order valence-corrected chi connectivity index (χ3v) is 8.17. The zero-order valence-electron chi connectivity index (χ0n) is 25.3. The maximum absolute atomic E-state index is 12.9. The molecule has 0 saturated carbocycles. The zero-order chi connectivity index (χ0) is 31.0. The molecule has 2 heterocycles.